The summed E-state index contributed by atoms with van der Waals surface area (Å²) >= 11 is 1.55. The molecule has 0 bridgehead atoms. The van der Waals surface area contributed by atoms with Crippen LogP contribution < -0.4 is 20.7 Å². The Morgan fingerprint density at radius 1 is 1.24 bits per heavy atom. The highest BCUT2D eigenvalue weighted by atomic mass is 32.1. The lowest BCUT2D eigenvalue weighted by Crippen LogP contribution is -2.41. The van der Waals surface area contributed by atoms with Crippen molar-refractivity contribution in [3.8, 4) is 16.3 Å². The van der Waals surface area contributed by atoms with Gasteiger partial charge in [0, 0.05) is 12.3 Å². The molecule has 3 aromatic rings. The number of ether oxygens (including phenoxy) is 1. The van der Waals surface area contributed by atoms with Crippen LogP contribution in [0.15, 0.2) is 42.6 Å². The monoisotopic (exact) mass is 412 g/mol. The summed E-state index contributed by atoms with van der Waals surface area (Å²) in [5, 5.41) is 9.63. The molecule has 0 fully saturated rings. The molecule has 8 nitrogen and oxygen atoms in total. The molecule has 1 aromatic carbocycles. The number of carbonyl (C=O) groups excluding carboxylic acids is 1. The van der Waals surface area contributed by atoms with Crippen LogP contribution in [0.2, 0.25) is 0 Å². The maximum atomic E-state index is 11.7. The van der Waals surface area contributed by atoms with E-state index in [2.05, 4.69) is 30.9 Å². The zero-order valence-electron chi connectivity index (χ0n) is 16.6. The van der Waals surface area contributed by atoms with Gasteiger partial charge in [-0.15, -0.1) is 0 Å². The number of aromatic nitrogens is 3. The Labute approximate surface area is 173 Å². The molecular weight excluding hydrogens is 388 g/mol. The van der Waals surface area contributed by atoms with Gasteiger partial charge in [-0.2, -0.15) is 4.98 Å². The van der Waals surface area contributed by atoms with Gasteiger partial charge in [-0.1, -0.05) is 41.7 Å². The lowest BCUT2D eigenvalue weighted by molar-refractivity contribution is -0.122. The minimum absolute atomic E-state index is 0.0738. The molecule has 0 aliphatic carbocycles. The molecule has 0 saturated heterocycles. The summed E-state index contributed by atoms with van der Waals surface area (Å²) in [6.45, 7) is 4.30. The molecule has 0 radical (unpaired) electrons. The minimum atomic E-state index is -0.244. The number of amides is 1. The van der Waals surface area contributed by atoms with Gasteiger partial charge in [-0.3, -0.25) is 4.79 Å². The number of carbonyl (C=O) groups is 1. The van der Waals surface area contributed by atoms with Crippen molar-refractivity contribution < 1.29 is 9.53 Å². The van der Waals surface area contributed by atoms with Gasteiger partial charge in [0.05, 0.1) is 17.5 Å². The van der Waals surface area contributed by atoms with Crippen LogP contribution in [0.1, 0.15) is 12.7 Å². The largest absolute Gasteiger partial charge is 0.476 e. The number of rotatable bonds is 9. The van der Waals surface area contributed by atoms with Crippen molar-refractivity contribution in [3.63, 3.8) is 0 Å². The lowest BCUT2D eigenvalue weighted by atomic mass is 10.2. The predicted molar refractivity (Wildman–Crippen MR) is 115 cm³/mol. The van der Waals surface area contributed by atoms with Gasteiger partial charge in [-0.05, 0) is 26.5 Å². The minimum Gasteiger partial charge on any atom is -0.476 e. The predicted octanol–water partition coefficient (Wildman–Crippen LogP) is 2.76. The van der Waals surface area contributed by atoms with Crippen LogP contribution in [0.25, 0.3) is 10.4 Å². The highest BCUT2D eigenvalue weighted by Crippen LogP contribution is 2.30. The zero-order valence-corrected chi connectivity index (χ0v) is 17.4. The summed E-state index contributed by atoms with van der Waals surface area (Å²) < 4.78 is 5.66. The molecule has 0 spiro atoms. The van der Waals surface area contributed by atoms with E-state index in [9.17, 15) is 4.79 Å². The van der Waals surface area contributed by atoms with E-state index in [-0.39, 0.29) is 11.9 Å². The van der Waals surface area contributed by atoms with Gasteiger partial charge >= 0.3 is 0 Å². The fourth-order valence-electron chi connectivity index (χ4n) is 2.47. The van der Waals surface area contributed by atoms with Gasteiger partial charge < -0.3 is 20.7 Å². The summed E-state index contributed by atoms with van der Waals surface area (Å²) in [5.41, 5.74) is 1.12. The quantitative estimate of drug-likeness (QED) is 0.465. The molecule has 3 N–H and O–H groups in total. The molecule has 2 aromatic heterocycles. The van der Waals surface area contributed by atoms with Gasteiger partial charge in [0.25, 0.3) is 0 Å². The van der Waals surface area contributed by atoms with Gasteiger partial charge in [-0.25, -0.2) is 9.97 Å². The standard InChI is InChI=1S/C20H24N6O2S/c1-13(21-3)19(27)22-9-10-28-18-11-17(24-14(2)25-18)26-20-23-12-16(29-20)15-7-5-4-6-8-15/h4-8,11-13,21H,9-10H2,1-3H3,(H,22,27)(H,23,24,25,26)/t13-/m0/s1. The van der Waals surface area contributed by atoms with E-state index >= 15 is 0 Å². The van der Waals surface area contributed by atoms with Crippen LogP contribution in [0.5, 0.6) is 5.88 Å². The Bertz CT molecular complexity index is 947. The number of likely N-dealkylation sites (N-methyl/N-ethyl adjacent to an activating group) is 1. The van der Waals surface area contributed by atoms with E-state index in [1.165, 1.54) is 0 Å². The van der Waals surface area contributed by atoms with Crippen molar-refractivity contribution in [1.82, 2.24) is 25.6 Å². The number of aryl methyl sites for hydroxylation is 1. The normalized spacial score (nSPS) is 11.7. The van der Waals surface area contributed by atoms with Gasteiger partial charge in [0.1, 0.15) is 18.2 Å². The second kappa shape index (κ2) is 9.94. The zero-order chi connectivity index (χ0) is 20.6. The summed E-state index contributed by atoms with van der Waals surface area (Å²) in [7, 11) is 1.74. The number of thiazole rings is 1. The summed E-state index contributed by atoms with van der Waals surface area (Å²) in [6.07, 6.45) is 1.84. The second-order valence-corrected chi connectivity index (χ2v) is 7.34. The maximum absolute atomic E-state index is 11.7. The van der Waals surface area contributed by atoms with E-state index in [0.29, 0.717) is 30.7 Å². The van der Waals surface area contributed by atoms with Crippen LogP contribution >= 0.6 is 11.3 Å². The molecule has 0 saturated carbocycles. The van der Waals surface area contributed by atoms with Crippen molar-refractivity contribution in [2.24, 2.45) is 0 Å². The molecule has 152 valence electrons. The Morgan fingerprint density at radius 3 is 2.79 bits per heavy atom. The Morgan fingerprint density at radius 2 is 2.03 bits per heavy atom. The second-order valence-electron chi connectivity index (χ2n) is 6.31. The van der Waals surface area contributed by atoms with Crippen molar-refractivity contribution >= 4 is 28.2 Å². The number of nitrogens with zero attached hydrogens (tertiary/aromatic N) is 3. The molecular formula is C20H24N6O2S. The molecule has 1 amide bonds. The molecule has 29 heavy (non-hydrogen) atoms. The summed E-state index contributed by atoms with van der Waals surface area (Å²) in [4.78, 5) is 25.9. The Balaban J connectivity index is 1.58. The smallest absolute Gasteiger partial charge is 0.236 e. The molecule has 3 rings (SSSR count). The number of nitrogens with one attached hydrogen (secondary N) is 3. The number of hydrogen-bond acceptors (Lipinski definition) is 8. The Kier molecular flexibility index (Phi) is 7.09. The third-order valence-corrected chi connectivity index (χ3v) is 5.05. The van der Waals surface area contributed by atoms with E-state index < -0.39 is 0 Å². The number of anilines is 2. The van der Waals surface area contributed by atoms with Crippen LogP contribution in [-0.2, 0) is 4.79 Å². The van der Waals surface area contributed by atoms with Crippen molar-refractivity contribution in [3.05, 3.63) is 48.4 Å². The molecule has 0 unspecified atom stereocenters. The molecule has 9 heteroatoms. The SMILES string of the molecule is CN[C@@H](C)C(=O)NCCOc1cc(Nc2ncc(-c3ccccc3)s2)nc(C)n1. The fourth-order valence-corrected chi connectivity index (χ4v) is 3.30. The molecule has 0 aliphatic heterocycles. The fraction of sp³-hybridized carbons (Fsp3) is 0.300. The first-order chi connectivity index (χ1) is 14.0. The number of hydrogen-bond donors (Lipinski definition) is 3. The average Bonchev–Trinajstić information content (AvgIpc) is 3.19. The third-order valence-electron chi connectivity index (χ3n) is 4.09. The van der Waals surface area contributed by atoms with Crippen LogP contribution in [-0.4, -0.2) is 47.1 Å². The maximum Gasteiger partial charge on any atom is 0.236 e. The van der Waals surface area contributed by atoms with E-state index in [0.717, 1.165) is 15.6 Å². The van der Waals surface area contributed by atoms with Crippen molar-refractivity contribution in [2.75, 3.05) is 25.5 Å². The van der Waals surface area contributed by atoms with Crippen molar-refractivity contribution in [1.29, 1.82) is 0 Å². The van der Waals surface area contributed by atoms with E-state index in [1.807, 2.05) is 36.5 Å². The third kappa shape index (κ3) is 5.97. The molecule has 1 atom stereocenters. The summed E-state index contributed by atoms with van der Waals surface area (Å²) in [6, 6.07) is 11.6. The average molecular weight is 413 g/mol. The topological polar surface area (TPSA) is 101 Å². The first-order valence-electron chi connectivity index (χ1n) is 9.27. The highest BCUT2D eigenvalue weighted by molar-refractivity contribution is 7.18. The van der Waals surface area contributed by atoms with Crippen LogP contribution in [0, 0.1) is 6.92 Å². The summed E-state index contributed by atoms with van der Waals surface area (Å²) in [5.74, 6) is 1.55. The van der Waals surface area contributed by atoms with Gasteiger partial charge in [0.2, 0.25) is 11.8 Å². The van der Waals surface area contributed by atoms with E-state index in [1.54, 1.807) is 38.3 Å². The van der Waals surface area contributed by atoms with Gasteiger partial charge in [0.15, 0.2) is 5.13 Å². The van der Waals surface area contributed by atoms with Crippen molar-refractivity contribution in [2.45, 2.75) is 19.9 Å². The highest BCUT2D eigenvalue weighted by Gasteiger charge is 2.10. The lowest BCUT2D eigenvalue weighted by Gasteiger charge is -2.12. The first-order valence-corrected chi connectivity index (χ1v) is 10.1. The van der Waals surface area contributed by atoms with Crippen LogP contribution in [0.3, 0.4) is 0 Å². The Hall–Kier alpha value is -3.04. The van der Waals surface area contributed by atoms with E-state index in [4.69, 9.17) is 4.74 Å². The molecule has 2 heterocycles. The molecule has 0 aliphatic rings. The van der Waals surface area contributed by atoms with Crippen LogP contribution in [0.4, 0.5) is 10.9 Å². The number of benzene rings is 1. The first kappa shape index (κ1) is 20.7.